The van der Waals surface area contributed by atoms with Crippen molar-refractivity contribution in [2.24, 2.45) is 0 Å². The Balaban J connectivity index is 2.28. The van der Waals surface area contributed by atoms with Crippen LogP contribution >= 0.6 is 15.9 Å². The van der Waals surface area contributed by atoms with E-state index >= 15 is 0 Å². The molecule has 0 radical (unpaired) electrons. The molecule has 1 N–H and O–H groups in total. The second-order valence-corrected chi connectivity index (χ2v) is 4.51. The number of aromatic amines is 1. The second-order valence-electron chi connectivity index (χ2n) is 3.71. The van der Waals surface area contributed by atoms with E-state index in [0.29, 0.717) is 17.6 Å². The summed E-state index contributed by atoms with van der Waals surface area (Å²) in [6.07, 6.45) is 0. The van der Waals surface area contributed by atoms with Gasteiger partial charge in [0, 0.05) is 7.11 Å². The molecule has 17 heavy (non-hydrogen) atoms. The molecule has 0 saturated carbocycles. The average Bonchev–Trinajstić information content (AvgIpc) is 2.60. The van der Waals surface area contributed by atoms with E-state index in [2.05, 4.69) is 21.0 Å². The van der Waals surface area contributed by atoms with Crippen molar-refractivity contribution < 1.29 is 4.74 Å². The van der Waals surface area contributed by atoms with E-state index in [1.807, 2.05) is 30.3 Å². The van der Waals surface area contributed by atoms with Crippen molar-refractivity contribution in [1.29, 1.82) is 0 Å². The molecule has 1 heterocycles. The van der Waals surface area contributed by atoms with Gasteiger partial charge < -0.3 is 4.74 Å². The van der Waals surface area contributed by atoms with Crippen LogP contribution in [0, 0.1) is 0 Å². The van der Waals surface area contributed by atoms with Crippen LogP contribution in [0.4, 0.5) is 0 Å². The summed E-state index contributed by atoms with van der Waals surface area (Å²) >= 11 is 3.27. The van der Waals surface area contributed by atoms with Gasteiger partial charge in [0.25, 0.3) is 5.56 Å². The van der Waals surface area contributed by atoms with Crippen LogP contribution in [-0.4, -0.2) is 16.9 Å². The summed E-state index contributed by atoms with van der Waals surface area (Å²) in [6, 6.07) is 9.82. The lowest BCUT2D eigenvalue weighted by Crippen LogP contribution is -2.17. The van der Waals surface area contributed by atoms with Crippen LogP contribution < -0.4 is 5.56 Å². The number of ether oxygens (including phenoxy) is 1. The van der Waals surface area contributed by atoms with Gasteiger partial charge in [-0.3, -0.25) is 9.89 Å². The molecule has 0 atom stereocenters. The van der Waals surface area contributed by atoms with Crippen LogP contribution in [0.2, 0.25) is 0 Å². The minimum atomic E-state index is -0.0686. The van der Waals surface area contributed by atoms with Gasteiger partial charge in [-0.15, -0.1) is 0 Å². The molecular weight excluding hydrogens is 284 g/mol. The van der Waals surface area contributed by atoms with Crippen molar-refractivity contribution in [3.8, 4) is 0 Å². The first-order chi connectivity index (χ1) is 8.22. The normalized spacial score (nSPS) is 10.7. The maximum absolute atomic E-state index is 11.9. The number of hydrogen-bond acceptors (Lipinski definition) is 2. The number of methoxy groups -OCH3 is 1. The zero-order valence-corrected chi connectivity index (χ0v) is 11.0. The third-order valence-corrected chi connectivity index (χ3v) is 3.26. The third kappa shape index (κ3) is 2.68. The highest BCUT2D eigenvalue weighted by Gasteiger charge is 2.11. The van der Waals surface area contributed by atoms with Crippen LogP contribution in [-0.2, 0) is 17.9 Å². The number of nitrogens with one attached hydrogen (secondary N) is 1. The van der Waals surface area contributed by atoms with Crippen molar-refractivity contribution >= 4 is 15.9 Å². The number of H-pyrrole nitrogens is 1. The summed E-state index contributed by atoms with van der Waals surface area (Å²) in [5.41, 5.74) is 1.77. The minimum absolute atomic E-state index is 0.0686. The lowest BCUT2D eigenvalue weighted by atomic mass is 10.2. The fourth-order valence-electron chi connectivity index (χ4n) is 1.63. The molecule has 0 saturated heterocycles. The summed E-state index contributed by atoms with van der Waals surface area (Å²) in [5.74, 6) is 0. The highest BCUT2D eigenvalue weighted by atomic mass is 79.9. The van der Waals surface area contributed by atoms with E-state index in [9.17, 15) is 4.79 Å². The van der Waals surface area contributed by atoms with Gasteiger partial charge in [-0.1, -0.05) is 30.3 Å². The van der Waals surface area contributed by atoms with Crippen molar-refractivity contribution in [2.45, 2.75) is 13.2 Å². The molecule has 1 aromatic carbocycles. The highest BCUT2D eigenvalue weighted by Crippen LogP contribution is 2.11. The summed E-state index contributed by atoms with van der Waals surface area (Å²) in [7, 11) is 1.60. The Kier molecular flexibility index (Phi) is 3.81. The number of rotatable bonds is 4. The molecule has 2 rings (SSSR count). The molecule has 0 aliphatic carbocycles. The largest absolute Gasteiger partial charge is 0.378 e. The van der Waals surface area contributed by atoms with Crippen molar-refractivity contribution in [3.63, 3.8) is 0 Å². The lowest BCUT2D eigenvalue weighted by molar-refractivity contribution is 0.180. The molecule has 0 amide bonds. The maximum Gasteiger partial charge on any atom is 0.281 e. The standard InChI is InChI=1S/C12H13BrN2O2/c1-17-8-10-11(13)12(16)15(14-10)7-9-5-3-2-4-6-9/h2-6,14H,7-8H2,1H3. The van der Waals surface area contributed by atoms with Gasteiger partial charge in [0.2, 0.25) is 0 Å². The number of halogens is 1. The fourth-order valence-corrected chi connectivity index (χ4v) is 2.04. The highest BCUT2D eigenvalue weighted by molar-refractivity contribution is 9.10. The molecule has 90 valence electrons. The first kappa shape index (κ1) is 12.1. The Morgan fingerprint density at radius 3 is 2.71 bits per heavy atom. The van der Waals surface area contributed by atoms with Crippen molar-refractivity contribution in [3.05, 3.63) is 56.4 Å². The van der Waals surface area contributed by atoms with Crippen molar-refractivity contribution in [1.82, 2.24) is 9.78 Å². The molecule has 4 nitrogen and oxygen atoms in total. The van der Waals surface area contributed by atoms with E-state index in [4.69, 9.17) is 4.74 Å². The lowest BCUT2D eigenvalue weighted by Gasteiger charge is -2.01. The molecule has 1 aromatic heterocycles. The Bertz CT molecular complexity index is 545. The summed E-state index contributed by atoms with van der Waals surface area (Å²) < 4.78 is 7.11. The Morgan fingerprint density at radius 2 is 2.06 bits per heavy atom. The van der Waals surface area contributed by atoms with Crippen molar-refractivity contribution in [2.75, 3.05) is 7.11 Å². The molecule has 0 aliphatic rings. The van der Waals surface area contributed by atoms with Gasteiger partial charge in [0.05, 0.1) is 18.8 Å². The Labute approximate surface area is 107 Å². The zero-order valence-electron chi connectivity index (χ0n) is 9.44. The van der Waals surface area contributed by atoms with Crippen LogP contribution in [0.1, 0.15) is 11.3 Å². The van der Waals surface area contributed by atoms with E-state index in [-0.39, 0.29) is 5.56 Å². The number of nitrogens with zero attached hydrogens (tertiary/aromatic N) is 1. The van der Waals surface area contributed by atoms with Crippen LogP contribution in [0.3, 0.4) is 0 Å². The Hall–Kier alpha value is -1.33. The smallest absolute Gasteiger partial charge is 0.281 e. The van der Waals surface area contributed by atoms with Gasteiger partial charge in [0.15, 0.2) is 0 Å². The van der Waals surface area contributed by atoms with E-state index in [0.717, 1.165) is 11.3 Å². The molecule has 0 aliphatic heterocycles. The fraction of sp³-hybridized carbons (Fsp3) is 0.250. The van der Waals surface area contributed by atoms with E-state index in [1.54, 1.807) is 11.8 Å². The molecule has 2 aromatic rings. The second kappa shape index (κ2) is 5.33. The predicted octanol–water partition coefficient (Wildman–Crippen LogP) is 2.13. The van der Waals surface area contributed by atoms with Crippen LogP contribution in [0.25, 0.3) is 0 Å². The Morgan fingerprint density at radius 1 is 1.35 bits per heavy atom. The van der Waals surface area contributed by atoms with E-state index < -0.39 is 0 Å². The number of aromatic nitrogens is 2. The first-order valence-corrected chi connectivity index (χ1v) is 6.01. The van der Waals surface area contributed by atoms with Gasteiger partial charge >= 0.3 is 0 Å². The molecule has 0 bridgehead atoms. The molecule has 0 spiro atoms. The van der Waals surface area contributed by atoms with E-state index in [1.165, 1.54) is 0 Å². The van der Waals surface area contributed by atoms with Gasteiger partial charge in [-0.2, -0.15) is 0 Å². The SMILES string of the molecule is COCc1[nH]n(Cc2ccccc2)c(=O)c1Br. The predicted molar refractivity (Wildman–Crippen MR) is 69.0 cm³/mol. The zero-order chi connectivity index (χ0) is 12.3. The minimum Gasteiger partial charge on any atom is -0.378 e. The van der Waals surface area contributed by atoms with Gasteiger partial charge in [-0.05, 0) is 21.5 Å². The third-order valence-electron chi connectivity index (χ3n) is 2.44. The summed E-state index contributed by atoms with van der Waals surface area (Å²) in [4.78, 5) is 11.9. The average molecular weight is 297 g/mol. The van der Waals surface area contributed by atoms with Crippen LogP contribution in [0.5, 0.6) is 0 Å². The molecule has 5 heteroatoms. The first-order valence-electron chi connectivity index (χ1n) is 5.22. The van der Waals surface area contributed by atoms with Crippen LogP contribution in [0.15, 0.2) is 39.6 Å². The number of hydrogen-bond donors (Lipinski definition) is 1. The van der Waals surface area contributed by atoms with Gasteiger partial charge in [0.1, 0.15) is 4.47 Å². The number of benzene rings is 1. The molecule has 0 fully saturated rings. The summed E-state index contributed by atoms with van der Waals surface area (Å²) in [6.45, 7) is 0.916. The summed E-state index contributed by atoms with van der Waals surface area (Å²) in [5, 5.41) is 3.03. The quantitative estimate of drug-likeness (QED) is 0.940. The van der Waals surface area contributed by atoms with Gasteiger partial charge in [-0.25, -0.2) is 4.68 Å². The molecular formula is C12H13BrN2O2. The maximum atomic E-state index is 11.9. The monoisotopic (exact) mass is 296 g/mol. The topological polar surface area (TPSA) is 47.0 Å². The molecule has 0 unspecified atom stereocenters.